The van der Waals surface area contributed by atoms with Crippen LogP contribution in [0.1, 0.15) is 42.2 Å². The zero-order valence-electron chi connectivity index (χ0n) is 9.98. The Kier molecular flexibility index (Phi) is 3.99. The second-order valence-electron chi connectivity index (χ2n) is 4.71. The normalized spacial score (nSPS) is 24.5. The van der Waals surface area contributed by atoms with Crippen LogP contribution in [0.15, 0.2) is 5.51 Å². The Balaban J connectivity index is 1.82. The van der Waals surface area contributed by atoms with E-state index in [1.807, 2.05) is 5.51 Å². The van der Waals surface area contributed by atoms with E-state index in [0.29, 0.717) is 18.4 Å². The molecule has 1 aliphatic carbocycles. The highest BCUT2D eigenvalue weighted by molar-refractivity contribution is 7.09. The van der Waals surface area contributed by atoms with E-state index in [9.17, 15) is 4.79 Å². The summed E-state index contributed by atoms with van der Waals surface area (Å²) in [6, 6.07) is 0. The smallest absolute Gasteiger partial charge is 0.404 e. The topological polar surface area (TPSA) is 62.2 Å². The van der Waals surface area contributed by atoms with Crippen LogP contribution in [-0.2, 0) is 0 Å². The molecule has 0 bridgehead atoms. The minimum absolute atomic E-state index is 0.510. The van der Waals surface area contributed by atoms with Crippen LogP contribution < -0.4 is 5.32 Å². The molecule has 1 fully saturated rings. The van der Waals surface area contributed by atoms with Gasteiger partial charge in [0, 0.05) is 11.4 Å². The van der Waals surface area contributed by atoms with Crippen molar-refractivity contribution >= 4 is 17.4 Å². The third kappa shape index (κ3) is 3.19. The molecule has 0 unspecified atom stereocenters. The van der Waals surface area contributed by atoms with Crippen molar-refractivity contribution in [1.29, 1.82) is 0 Å². The number of hydrogen-bond donors (Lipinski definition) is 2. The Bertz CT molecular complexity index is 384. The lowest BCUT2D eigenvalue weighted by atomic mass is 9.81. The Hall–Kier alpha value is -1.10. The molecule has 0 saturated heterocycles. The van der Waals surface area contributed by atoms with Crippen molar-refractivity contribution < 1.29 is 9.90 Å². The lowest BCUT2D eigenvalue weighted by molar-refractivity contribution is 0.190. The summed E-state index contributed by atoms with van der Waals surface area (Å²) < 4.78 is 0. The molecule has 2 N–H and O–H groups in total. The molecule has 0 radical (unpaired) electrons. The van der Waals surface area contributed by atoms with Gasteiger partial charge >= 0.3 is 6.09 Å². The predicted octanol–water partition coefficient (Wildman–Crippen LogP) is 2.99. The van der Waals surface area contributed by atoms with Gasteiger partial charge in [-0.3, -0.25) is 0 Å². The first-order valence-electron chi connectivity index (χ1n) is 6.03. The Labute approximate surface area is 105 Å². The van der Waals surface area contributed by atoms with Crippen molar-refractivity contribution in [3.05, 3.63) is 16.1 Å². The van der Waals surface area contributed by atoms with E-state index in [-0.39, 0.29) is 0 Å². The predicted molar refractivity (Wildman–Crippen MR) is 67.6 cm³/mol. The van der Waals surface area contributed by atoms with Crippen LogP contribution in [0.2, 0.25) is 0 Å². The molecule has 5 heteroatoms. The number of rotatable bonds is 3. The van der Waals surface area contributed by atoms with Gasteiger partial charge in [0.15, 0.2) is 0 Å². The van der Waals surface area contributed by atoms with Gasteiger partial charge in [0.25, 0.3) is 0 Å². The molecule has 1 aromatic rings. The van der Waals surface area contributed by atoms with E-state index in [4.69, 9.17) is 5.11 Å². The molecular formula is C12H18N2O2S. The Morgan fingerprint density at radius 1 is 1.53 bits per heavy atom. The standard InChI is InChI=1S/C12H18N2O2S/c1-8-11(17-7-14-8)10-4-2-9(3-5-10)6-13-12(15)16/h7,9-10,13H,2-6H2,1H3,(H,15,16). The molecule has 1 aromatic heterocycles. The fourth-order valence-electron chi connectivity index (χ4n) is 2.56. The summed E-state index contributed by atoms with van der Waals surface area (Å²) in [5.74, 6) is 1.15. The van der Waals surface area contributed by atoms with Gasteiger partial charge in [-0.2, -0.15) is 0 Å². The number of carboxylic acid groups (broad SMARTS) is 1. The van der Waals surface area contributed by atoms with Gasteiger partial charge in [-0.05, 0) is 44.4 Å². The van der Waals surface area contributed by atoms with E-state index < -0.39 is 6.09 Å². The number of nitrogens with one attached hydrogen (secondary N) is 1. The van der Waals surface area contributed by atoms with Crippen LogP contribution in [0.4, 0.5) is 4.79 Å². The molecule has 0 aliphatic heterocycles. The van der Waals surface area contributed by atoms with Crippen molar-refractivity contribution in [3.63, 3.8) is 0 Å². The summed E-state index contributed by atoms with van der Waals surface area (Å²) in [4.78, 5) is 16.1. The van der Waals surface area contributed by atoms with Crippen LogP contribution >= 0.6 is 11.3 Å². The van der Waals surface area contributed by atoms with Gasteiger partial charge in [-0.15, -0.1) is 11.3 Å². The van der Waals surface area contributed by atoms with Gasteiger partial charge in [-0.25, -0.2) is 9.78 Å². The maximum Gasteiger partial charge on any atom is 0.404 e. The maximum atomic E-state index is 10.4. The highest BCUT2D eigenvalue weighted by atomic mass is 32.1. The lowest BCUT2D eigenvalue weighted by Crippen LogP contribution is -2.29. The summed E-state index contributed by atoms with van der Waals surface area (Å²) in [6.45, 7) is 2.67. The van der Waals surface area contributed by atoms with Crippen molar-refractivity contribution in [2.45, 2.75) is 38.5 Å². The van der Waals surface area contributed by atoms with Gasteiger partial charge in [0.2, 0.25) is 0 Å². The van der Waals surface area contributed by atoms with Crippen molar-refractivity contribution in [3.8, 4) is 0 Å². The molecule has 1 heterocycles. The number of amides is 1. The minimum Gasteiger partial charge on any atom is -0.465 e. The van der Waals surface area contributed by atoms with Gasteiger partial charge in [-0.1, -0.05) is 0 Å². The lowest BCUT2D eigenvalue weighted by Gasteiger charge is -2.27. The first-order chi connectivity index (χ1) is 8.16. The third-order valence-corrected chi connectivity index (χ3v) is 4.64. The number of aryl methyl sites for hydroxylation is 1. The largest absolute Gasteiger partial charge is 0.465 e. The first kappa shape index (κ1) is 12.4. The van der Waals surface area contributed by atoms with Gasteiger partial charge in [0.1, 0.15) is 0 Å². The molecule has 1 amide bonds. The summed E-state index contributed by atoms with van der Waals surface area (Å²) >= 11 is 1.75. The van der Waals surface area contributed by atoms with E-state index in [1.165, 1.54) is 10.6 Å². The summed E-state index contributed by atoms with van der Waals surface area (Å²) in [6.07, 6.45) is 3.64. The van der Waals surface area contributed by atoms with Crippen LogP contribution in [0.3, 0.4) is 0 Å². The number of carbonyl (C=O) groups is 1. The minimum atomic E-state index is -0.912. The summed E-state index contributed by atoms with van der Waals surface area (Å²) in [5, 5.41) is 11.0. The maximum absolute atomic E-state index is 10.4. The fourth-order valence-corrected chi connectivity index (χ4v) is 3.54. The zero-order chi connectivity index (χ0) is 12.3. The second kappa shape index (κ2) is 5.49. The average molecular weight is 254 g/mol. The quantitative estimate of drug-likeness (QED) is 0.871. The van der Waals surface area contributed by atoms with Crippen LogP contribution in [0.5, 0.6) is 0 Å². The van der Waals surface area contributed by atoms with E-state index in [2.05, 4.69) is 17.2 Å². The number of thiazole rings is 1. The van der Waals surface area contributed by atoms with Crippen LogP contribution in [0, 0.1) is 12.8 Å². The zero-order valence-corrected chi connectivity index (χ0v) is 10.8. The van der Waals surface area contributed by atoms with Crippen molar-refractivity contribution in [1.82, 2.24) is 10.3 Å². The average Bonchev–Trinajstić information content (AvgIpc) is 2.73. The van der Waals surface area contributed by atoms with Crippen LogP contribution in [-0.4, -0.2) is 22.7 Å². The molecule has 94 valence electrons. The first-order valence-corrected chi connectivity index (χ1v) is 6.91. The molecular weight excluding hydrogens is 236 g/mol. The van der Waals surface area contributed by atoms with Crippen molar-refractivity contribution in [2.75, 3.05) is 6.54 Å². The van der Waals surface area contributed by atoms with E-state index in [1.54, 1.807) is 11.3 Å². The molecule has 2 rings (SSSR count). The number of hydrogen-bond acceptors (Lipinski definition) is 3. The molecule has 1 aliphatic rings. The fraction of sp³-hybridized carbons (Fsp3) is 0.667. The molecule has 0 aromatic carbocycles. The Morgan fingerprint density at radius 2 is 2.24 bits per heavy atom. The highest BCUT2D eigenvalue weighted by Crippen LogP contribution is 2.38. The highest BCUT2D eigenvalue weighted by Gasteiger charge is 2.24. The Morgan fingerprint density at radius 3 is 2.76 bits per heavy atom. The van der Waals surface area contributed by atoms with Crippen molar-refractivity contribution in [2.24, 2.45) is 5.92 Å². The number of aromatic nitrogens is 1. The van der Waals surface area contributed by atoms with Crippen LogP contribution in [0.25, 0.3) is 0 Å². The molecule has 0 atom stereocenters. The van der Waals surface area contributed by atoms with Gasteiger partial charge < -0.3 is 10.4 Å². The molecule has 4 nitrogen and oxygen atoms in total. The van der Waals surface area contributed by atoms with E-state index >= 15 is 0 Å². The SMILES string of the molecule is Cc1ncsc1C1CCC(CNC(=O)O)CC1. The monoisotopic (exact) mass is 254 g/mol. The van der Waals surface area contributed by atoms with Gasteiger partial charge in [0.05, 0.1) is 11.2 Å². The number of nitrogens with zero attached hydrogens (tertiary/aromatic N) is 1. The molecule has 0 spiro atoms. The van der Waals surface area contributed by atoms with E-state index in [0.717, 1.165) is 25.7 Å². The molecule has 1 saturated carbocycles. The molecule has 17 heavy (non-hydrogen) atoms. The summed E-state index contributed by atoms with van der Waals surface area (Å²) in [7, 11) is 0. The third-order valence-electron chi connectivity index (χ3n) is 3.54. The second-order valence-corrected chi connectivity index (χ2v) is 5.59. The summed E-state index contributed by atoms with van der Waals surface area (Å²) in [5.41, 5.74) is 3.09.